The Morgan fingerprint density at radius 3 is 2.53 bits per heavy atom. The number of ether oxygens (including phenoxy) is 1. The van der Waals surface area contributed by atoms with Crippen LogP contribution < -0.4 is 5.32 Å². The minimum atomic E-state index is 0.519. The Morgan fingerprint density at radius 2 is 1.88 bits per heavy atom. The van der Waals surface area contributed by atoms with Gasteiger partial charge in [-0.1, -0.05) is 0 Å². The van der Waals surface area contributed by atoms with Gasteiger partial charge in [-0.3, -0.25) is 0 Å². The third-order valence-electron chi connectivity index (χ3n) is 4.39. The minimum Gasteiger partial charge on any atom is -0.381 e. The van der Waals surface area contributed by atoms with Crippen molar-refractivity contribution < 1.29 is 4.74 Å². The fourth-order valence-corrected chi connectivity index (χ4v) is 3.03. The van der Waals surface area contributed by atoms with Crippen molar-refractivity contribution in [2.45, 2.75) is 70.2 Å². The highest BCUT2D eigenvalue weighted by Gasteiger charge is 2.31. The van der Waals surface area contributed by atoms with Crippen LogP contribution in [0.15, 0.2) is 0 Å². The molecule has 1 aliphatic heterocycles. The molecule has 2 rings (SSSR count). The first-order valence-corrected chi connectivity index (χ1v) is 7.22. The molecular formula is C14H28N2O. The number of hydrogen-bond donors (Lipinski definition) is 1. The van der Waals surface area contributed by atoms with Crippen LogP contribution >= 0.6 is 0 Å². The van der Waals surface area contributed by atoms with Gasteiger partial charge in [-0.2, -0.15) is 0 Å². The molecule has 17 heavy (non-hydrogen) atoms. The van der Waals surface area contributed by atoms with E-state index in [-0.39, 0.29) is 0 Å². The smallest absolute Gasteiger partial charge is 0.0601 e. The maximum atomic E-state index is 5.33. The Hall–Kier alpha value is -0.120. The Labute approximate surface area is 106 Å². The summed E-state index contributed by atoms with van der Waals surface area (Å²) in [4.78, 5) is 2.61. The Morgan fingerprint density at radius 1 is 1.12 bits per heavy atom. The van der Waals surface area contributed by atoms with Gasteiger partial charge in [-0.25, -0.2) is 0 Å². The van der Waals surface area contributed by atoms with Crippen LogP contribution in [0.4, 0.5) is 0 Å². The molecule has 3 heteroatoms. The summed E-state index contributed by atoms with van der Waals surface area (Å²) in [6.07, 6.45) is 6.94. The van der Waals surface area contributed by atoms with Gasteiger partial charge < -0.3 is 15.0 Å². The molecule has 2 fully saturated rings. The predicted molar refractivity (Wildman–Crippen MR) is 71.3 cm³/mol. The first-order chi connectivity index (χ1) is 8.19. The number of likely N-dealkylation sites (tertiary alicyclic amines) is 1. The van der Waals surface area contributed by atoms with Gasteiger partial charge in [-0.15, -0.1) is 0 Å². The van der Waals surface area contributed by atoms with E-state index >= 15 is 0 Å². The molecule has 1 N–H and O–H groups in total. The lowest BCUT2D eigenvalue weighted by molar-refractivity contribution is 0.0137. The molecule has 1 heterocycles. The predicted octanol–water partition coefficient (Wildman–Crippen LogP) is 2.02. The summed E-state index contributed by atoms with van der Waals surface area (Å²) in [6, 6.07) is 2.16. The molecule has 1 saturated heterocycles. The SMILES string of the molecule is COC1CC(NC2CCCN(C(C)C)CC2)C1. The van der Waals surface area contributed by atoms with Gasteiger partial charge in [0.2, 0.25) is 0 Å². The highest BCUT2D eigenvalue weighted by Crippen LogP contribution is 2.24. The molecule has 0 bridgehead atoms. The summed E-state index contributed by atoms with van der Waals surface area (Å²) in [7, 11) is 1.83. The van der Waals surface area contributed by atoms with E-state index in [0.29, 0.717) is 12.1 Å². The number of nitrogens with zero attached hydrogens (tertiary/aromatic N) is 1. The maximum Gasteiger partial charge on any atom is 0.0601 e. The second-order valence-electron chi connectivity index (χ2n) is 5.95. The lowest BCUT2D eigenvalue weighted by Gasteiger charge is -2.37. The second kappa shape index (κ2) is 6.17. The van der Waals surface area contributed by atoms with Gasteiger partial charge >= 0.3 is 0 Å². The van der Waals surface area contributed by atoms with Crippen molar-refractivity contribution in [3.63, 3.8) is 0 Å². The van der Waals surface area contributed by atoms with Crippen molar-refractivity contribution in [2.75, 3.05) is 20.2 Å². The third kappa shape index (κ3) is 3.67. The third-order valence-corrected chi connectivity index (χ3v) is 4.39. The van der Waals surface area contributed by atoms with Gasteiger partial charge in [0.25, 0.3) is 0 Å². The molecule has 1 aliphatic carbocycles. The van der Waals surface area contributed by atoms with Crippen LogP contribution in [0, 0.1) is 0 Å². The molecule has 1 atom stereocenters. The fraction of sp³-hybridized carbons (Fsp3) is 1.00. The molecule has 0 aromatic carbocycles. The van der Waals surface area contributed by atoms with E-state index in [0.717, 1.165) is 12.1 Å². The largest absolute Gasteiger partial charge is 0.381 e. The van der Waals surface area contributed by atoms with E-state index in [1.54, 1.807) is 0 Å². The lowest BCUT2D eigenvalue weighted by atomic mass is 9.88. The summed E-state index contributed by atoms with van der Waals surface area (Å²) >= 11 is 0. The van der Waals surface area contributed by atoms with Crippen molar-refractivity contribution in [3.8, 4) is 0 Å². The van der Waals surface area contributed by atoms with Crippen LogP contribution in [0.3, 0.4) is 0 Å². The van der Waals surface area contributed by atoms with Crippen molar-refractivity contribution in [3.05, 3.63) is 0 Å². The van der Waals surface area contributed by atoms with Gasteiger partial charge in [0.15, 0.2) is 0 Å². The van der Waals surface area contributed by atoms with E-state index in [2.05, 4.69) is 24.1 Å². The minimum absolute atomic E-state index is 0.519. The fourth-order valence-electron chi connectivity index (χ4n) is 3.03. The van der Waals surface area contributed by atoms with Gasteiger partial charge in [-0.05, 0) is 59.0 Å². The highest BCUT2D eigenvalue weighted by molar-refractivity contribution is 4.89. The average molecular weight is 240 g/mol. The molecule has 0 aromatic heterocycles. The Balaban J connectivity index is 1.69. The van der Waals surface area contributed by atoms with E-state index in [4.69, 9.17) is 4.74 Å². The first kappa shape index (κ1) is 13.3. The number of hydrogen-bond acceptors (Lipinski definition) is 3. The van der Waals surface area contributed by atoms with Crippen molar-refractivity contribution in [1.29, 1.82) is 0 Å². The lowest BCUT2D eigenvalue weighted by Crippen LogP contribution is -2.49. The van der Waals surface area contributed by atoms with E-state index in [9.17, 15) is 0 Å². The molecule has 2 aliphatic rings. The van der Waals surface area contributed by atoms with E-state index in [1.165, 1.54) is 45.2 Å². The normalized spacial score (nSPS) is 35.6. The van der Waals surface area contributed by atoms with Crippen LogP contribution in [0.25, 0.3) is 0 Å². The van der Waals surface area contributed by atoms with Crippen LogP contribution in [0.5, 0.6) is 0 Å². The molecular weight excluding hydrogens is 212 g/mol. The van der Waals surface area contributed by atoms with Crippen LogP contribution in [0.2, 0.25) is 0 Å². The maximum absolute atomic E-state index is 5.33. The molecule has 100 valence electrons. The highest BCUT2D eigenvalue weighted by atomic mass is 16.5. The molecule has 1 saturated carbocycles. The van der Waals surface area contributed by atoms with E-state index in [1.807, 2.05) is 7.11 Å². The zero-order valence-electron chi connectivity index (χ0n) is 11.6. The van der Waals surface area contributed by atoms with Crippen molar-refractivity contribution in [2.24, 2.45) is 0 Å². The summed E-state index contributed by atoms with van der Waals surface area (Å²) < 4.78 is 5.33. The summed E-state index contributed by atoms with van der Waals surface area (Å²) in [5, 5.41) is 3.81. The van der Waals surface area contributed by atoms with Crippen molar-refractivity contribution >= 4 is 0 Å². The Kier molecular flexibility index (Phi) is 4.83. The summed E-state index contributed by atoms with van der Waals surface area (Å²) in [5.41, 5.74) is 0. The van der Waals surface area contributed by atoms with E-state index < -0.39 is 0 Å². The molecule has 1 unspecified atom stereocenters. The quantitative estimate of drug-likeness (QED) is 0.813. The zero-order chi connectivity index (χ0) is 12.3. The molecule has 0 spiro atoms. The molecule has 0 radical (unpaired) electrons. The summed E-state index contributed by atoms with van der Waals surface area (Å²) in [5.74, 6) is 0. The molecule has 3 nitrogen and oxygen atoms in total. The number of nitrogens with one attached hydrogen (secondary N) is 1. The van der Waals surface area contributed by atoms with Crippen LogP contribution in [-0.2, 0) is 4.74 Å². The zero-order valence-corrected chi connectivity index (χ0v) is 11.6. The molecule has 0 aromatic rings. The summed E-state index contributed by atoms with van der Waals surface area (Å²) in [6.45, 7) is 7.16. The van der Waals surface area contributed by atoms with Gasteiger partial charge in [0.1, 0.15) is 0 Å². The van der Waals surface area contributed by atoms with Crippen molar-refractivity contribution in [1.82, 2.24) is 10.2 Å². The molecule has 0 amide bonds. The van der Waals surface area contributed by atoms with Crippen LogP contribution in [-0.4, -0.2) is 49.3 Å². The average Bonchev–Trinajstić information content (AvgIpc) is 2.48. The van der Waals surface area contributed by atoms with Gasteiger partial charge in [0.05, 0.1) is 6.10 Å². The topological polar surface area (TPSA) is 24.5 Å². The Bertz CT molecular complexity index is 226. The van der Waals surface area contributed by atoms with Gasteiger partial charge in [0, 0.05) is 25.2 Å². The monoisotopic (exact) mass is 240 g/mol. The first-order valence-electron chi connectivity index (χ1n) is 7.22. The van der Waals surface area contributed by atoms with Crippen LogP contribution in [0.1, 0.15) is 46.0 Å². The second-order valence-corrected chi connectivity index (χ2v) is 5.95. The standard InChI is InChI=1S/C14H28N2O/c1-11(2)16-7-4-5-12(6-8-16)15-13-9-14(10-13)17-3/h11-15H,4-10H2,1-3H3. The number of methoxy groups -OCH3 is 1. The number of rotatable bonds is 4.